The number of likely N-dealkylation sites (N-methyl/N-ethyl adjacent to an activating group) is 1. The Bertz CT molecular complexity index is 590. The molecule has 0 amide bonds. The van der Waals surface area contributed by atoms with Gasteiger partial charge in [0, 0.05) is 24.4 Å². The largest absolute Gasteiger partial charge is 0.314 e. The van der Waals surface area contributed by atoms with Crippen molar-refractivity contribution in [1.29, 1.82) is 0 Å². The zero-order chi connectivity index (χ0) is 16.2. The van der Waals surface area contributed by atoms with E-state index >= 15 is 0 Å². The minimum atomic E-state index is -2.85. The van der Waals surface area contributed by atoms with Gasteiger partial charge < -0.3 is 5.32 Å². The molecule has 118 valence electrons. The lowest BCUT2D eigenvalue weighted by atomic mass is 9.82. The van der Waals surface area contributed by atoms with Crippen LogP contribution in [0.5, 0.6) is 0 Å². The molecule has 3 heteroatoms. The second-order valence-electron chi connectivity index (χ2n) is 5.71. The lowest BCUT2D eigenvalue weighted by Crippen LogP contribution is -2.33. The molecule has 2 unspecified atom stereocenters. The predicted octanol–water partition coefficient (Wildman–Crippen LogP) is 4.93. The molecule has 2 aromatic carbocycles. The number of rotatable bonds is 6. The van der Waals surface area contributed by atoms with Crippen LogP contribution in [0.1, 0.15) is 43.4 Å². The summed E-state index contributed by atoms with van der Waals surface area (Å²) in [6.07, 6.45) is 0. The summed E-state index contributed by atoms with van der Waals surface area (Å²) in [4.78, 5) is 0. The summed E-state index contributed by atoms with van der Waals surface area (Å²) in [6.45, 7) is 5.84. The van der Waals surface area contributed by atoms with E-state index < -0.39 is 5.92 Å². The van der Waals surface area contributed by atoms with Gasteiger partial charge in [0.15, 0.2) is 0 Å². The van der Waals surface area contributed by atoms with Crippen molar-refractivity contribution in [1.82, 2.24) is 5.32 Å². The highest BCUT2D eigenvalue weighted by Crippen LogP contribution is 2.37. The van der Waals surface area contributed by atoms with Crippen molar-refractivity contribution in [2.45, 2.75) is 38.7 Å². The molecule has 0 saturated carbocycles. The third kappa shape index (κ3) is 3.72. The van der Waals surface area contributed by atoms with Crippen LogP contribution < -0.4 is 5.32 Å². The van der Waals surface area contributed by atoms with Crippen molar-refractivity contribution >= 4 is 0 Å². The number of nitrogens with one attached hydrogen (secondary N) is 1. The Balaban J connectivity index is 2.56. The molecule has 0 fully saturated rings. The van der Waals surface area contributed by atoms with Gasteiger partial charge in [0.25, 0.3) is 5.92 Å². The molecule has 2 rings (SSSR count). The molecule has 0 bridgehead atoms. The zero-order valence-corrected chi connectivity index (χ0v) is 13.3. The monoisotopic (exact) mass is 303 g/mol. The molecule has 0 spiro atoms. The molecular weight excluding hydrogens is 280 g/mol. The van der Waals surface area contributed by atoms with Gasteiger partial charge in [0.2, 0.25) is 0 Å². The molecule has 0 aromatic heterocycles. The van der Waals surface area contributed by atoms with Crippen LogP contribution >= 0.6 is 0 Å². The third-order valence-electron chi connectivity index (χ3n) is 3.95. The van der Waals surface area contributed by atoms with Crippen molar-refractivity contribution in [3.05, 3.63) is 71.3 Å². The maximum absolute atomic E-state index is 14.0. The minimum absolute atomic E-state index is 0.0656. The van der Waals surface area contributed by atoms with Gasteiger partial charge in [-0.1, -0.05) is 61.5 Å². The van der Waals surface area contributed by atoms with Gasteiger partial charge in [-0.25, -0.2) is 8.78 Å². The van der Waals surface area contributed by atoms with E-state index in [4.69, 9.17) is 0 Å². The Labute approximate surface area is 131 Å². The van der Waals surface area contributed by atoms with E-state index in [1.807, 2.05) is 56.3 Å². The van der Waals surface area contributed by atoms with Gasteiger partial charge in [0.1, 0.15) is 0 Å². The molecule has 1 nitrogen and oxygen atoms in total. The molecular formula is C19H23F2N. The van der Waals surface area contributed by atoms with Crippen LogP contribution in [-0.2, 0) is 5.92 Å². The van der Waals surface area contributed by atoms with E-state index in [-0.39, 0.29) is 17.5 Å². The fourth-order valence-corrected chi connectivity index (χ4v) is 3.01. The third-order valence-corrected chi connectivity index (χ3v) is 3.95. The molecule has 22 heavy (non-hydrogen) atoms. The van der Waals surface area contributed by atoms with E-state index in [1.54, 1.807) is 6.07 Å². The van der Waals surface area contributed by atoms with Gasteiger partial charge >= 0.3 is 0 Å². The first-order chi connectivity index (χ1) is 10.4. The Morgan fingerprint density at radius 2 is 1.59 bits per heavy atom. The number of halogens is 2. The van der Waals surface area contributed by atoms with Crippen LogP contribution in [0.4, 0.5) is 8.78 Å². The van der Waals surface area contributed by atoms with E-state index in [9.17, 15) is 8.78 Å². The van der Waals surface area contributed by atoms with Crippen LogP contribution in [-0.4, -0.2) is 12.6 Å². The number of alkyl halides is 2. The summed E-state index contributed by atoms with van der Waals surface area (Å²) < 4.78 is 28.0. The summed E-state index contributed by atoms with van der Waals surface area (Å²) in [7, 11) is 0. The summed E-state index contributed by atoms with van der Waals surface area (Å²) in [5.74, 6) is -2.96. The number of hydrogen-bond donors (Lipinski definition) is 1. The van der Waals surface area contributed by atoms with E-state index in [2.05, 4.69) is 5.32 Å². The molecule has 0 saturated heterocycles. The fraction of sp³-hybridized carbons (Fsp3) is 0.368. The van der Waals surface area contributed by atoms with Crippen molar-refractivity contribution in [3.8, 4) is 0 Å². The van der Waals surface area contributed by atoms with Crippen LogP contribution in [0.2, 0.25) is 0 Å². The molecule has 0 aliphatic rings. The lowest BCUT2D eigenvalue weighted by Gasteiger charge is -2.29. The number of benzene rings is 2. The van der Waals surface area contributed by atoms with Crippen LogP contribution in [0.15, 0.2) is 54.6 Å². The molecule has 0 aliphatic heterocycles. The van der Waals surface area contributed by atoms with Gasteiger partial charge in [-0.05, 0) is 24.6 Å². The topological polar surface area (TPSA) is 12.0 Å². The molecule has 1 N–H and O–H groups in total. The van der Waals surface area contributed by atoms with Crippen molar-refractivity contribution < 1.29 is 8.78 Å². The van der Waals surface area contributed by atoms with Crippen LogP contribution in [0, 0.1) is 0 Å². The Morgan fingerprint density at radius 1 is 1.00 bits per heavy atom. The second kappa shape index (κ2) is 7.01. The molecule has 0 heterocycles. The Hall–Kier alpha value is -1.74. The quantitative estimate of drug-likeness (QED) is 0.798. The average molecular weight is 303 g/mol. The van der Waals surface area contributed by atoms with Gasteiger partial charge in [0.05, 0.1) is 0 Å². The average Bonchev–Trinajstić information content (AvgIpc) is 2.48. The smallest absolute Gasteiger partial charge is 0.270 e. The first-order valence-electron chi connectivity index (χ1n) is 7.70. The molecule has 0 radical (unpaired) electrons. The van der Waals surface area contributed by atoms with Crippen molar-refractivity contribution in [2.24, 2.45) is 0 Å². The van der Waals surface area contributed by atoms with Crippen LogP contribution in [0.3, 0.4) is 0 Å². The van der Waals surface area contributed by atoms with Gasteiger partial charge in [-0.15, -0.1) is 0 Å². The fourth-order valence-electron chi connectivity index (χ4n) is 3.01. The SMILES string of the molecule is CCNC(C)C(c1ccccc1)c1ccccc1C(C)(F)F. The lowest BCUT2D eigenvalue weighted by molar-refractivity contribution is 0.0162. The van der Waals surface area contributed by atoms with E-state index in [0.717, 1.165) is 19.0 Å². The summed E-state index contributed by atoms with van der Waals surface area (Å²) in [5, 5.41) is 3.38. The molecule has 2 aromatic rings. The first kappa shape index (κ1) is 16.6. The normalized spacial score (nSPS) is 14.6. The maximum atomic E-state index is 14.0. The highest BCUT2D eigenvalue weighted by Gasteiger charge is 2.32. The maximum Gasteiger partial charge on any atom is 0.270 e. The summed E-state index contributed by atoms with van der Waals surface area (Å²) in [6, 6.07) is 16.8. The Kier molecular flexibility index (Phi) is 5.30. The van der Waals surface area contributed by atoms with Crippen molar-refractivity contribution in [2.75, 3.05) is 6.54 Å². The minimum Gasteiger partial charge on any atom is -0.314 e. The number of hydrogen-bond acceptors (Lipinski definition) is 1. The summed E-state index contributed by atoms with van der Waals surface area (Å²) in [5.41, 5.74) is 1.84. The van der Waals surface area contributed by atoms with Crippen molar-refractivity contribution in [3.63, 3.8) is 0 Å². The van der Waals surface area contributed by atoms with Gasteiger partial charge in [-0.3, -0.25) is 0 Å². The highest BCUT2D eigenvalue weighted by atomic mass is 19.3. The van der Waals surface area contributed by atoms with E-state index in [0.29, 0.717) is 5.56 Å². The van der Waals surface area contributed by atoms with Gasteiger partial charge in [-0.2, -0.15) is 0 Å². The molecule has 2 atom stereocenters. The Morgan fingerprint density at radius 3 is 2.18 bits per heavy atom. The molecule has 0 aliphatic carbocycles. The standard InChI is InChI=1S/C19H23F2N/c1-4-22-14(2)18(15-10-6-5-7-11-15)16-12-8-9-13-17(16)19(3,20)21/h5-14,18,22H,4H2,1-3H3. The van der Waals surface area contributed by atoms with Crippen LogP contribution in [0.25, 0.3) is 0 Å². The second-order valence-corrected chi connectivity index (χ2v) is 5.71. The highest BCUT2D eigenvalue weighted by molar-refractivity contribution is 5.41. The predicted molar refractivity (Wildman–Crippen MR) is 87.4 cm³/mol. The van der Waals surface area contributed by atoms with E-state index in [1.165, 1.54) is 6.07 Å². The first-order valence-corrected chi connectivity index (χ1v) is 7.70. The zero-order valence-electron chi connectivity index (χ0n) is 13.3. The summed E-state index contributed by atoms with van der Waals surface area (Å²) >= 11 is 0.